The molecular formula is C14H16ClNO3. The fraction of sp³-hybridized carbons (Fsp3) is 0.429. The van der Waals surface area contributed by atoms with Gasteiger partial charge in [-0.25, -0.2) is 0 Å². The normalized spacial score (nSPS) is 14.5. The minimum Gasteiger partial charge on any atom is -0.469 e. The maximum Gasteiger partial charge on any atom is 0.313 e. The average Bonchev–Trinajstić information content (AvgIpc) is 2.64. The summed E-state index contributed by atoms with van der Waals surface area (Å²) in [6, 6.07) is 5.37. The third-order valence-electron chi connectivity index (χ3n) is 3.27. The molecule has 0 aliphatic carbocycles. The summed E-state index contributed by atoms with van der Waals surface area (Å²) in [5.41, 5.74) is 0.971. The number of ether oxygens (including phenoxy) is 1. The Morgan fingerprint density at radius 3 is 2.79 bits per heavy atom. The van der Waals surface area contributed by atoms with Gasteiger partial charge >= 0.3 is 5.97 Å². The van der Waals surface area contributed by atoms with Crippen LogP contribution in [0.4, 0.5) is 5.69 Å². The molecule has 0 saturated heterocycles. The van der Waals surface area contributed by atoms with E-state index in [1.165, 1.54) is 7.11 Å². The van der Waals surface area contributed by atoms with E-state index in [1.54, 1.807) is 30.9 Å². The number of rotatable bonds is 3. The number of benzene rings is 1. The van der Waals surface area contributed by atoms with Crippen LogP contribution in [-0.2, 0) is 20.7 Å². The van der Waals surface area contributed by atoms with Crippen LogP contribution in [0.3, 0.4) is 0 Å². The third kappa shape index (κ3) is 2.59. The van der Waals surface area contributed by atoms with Crippen molar-refractivity contribution in [2.75, 3.05) is 18.6 Å². The lowest BCUT2D eigenvalue weighted by Crippen LogP contribution is -2.41. The first kappa shape index (κ1) is 13.9. The molecule has 19 heavy (non-hydrogen) atoms. The lowest BCUT2D eigenvalue weighted by molar-refractivity contribution is -0.150. The number of carbonyl (C=O) groups excluding carboxylic acids is 2. The van der Waals surface area contributed by atoms with Gasteiger partial charge in [-0.3, -0.25) is 9.59 Å². The van der Waals surface area contributed by atoms with Crippen molar-refractivity contribution in [2.24, 2.45) is 5.41 Å². The zero-order valence-corrected chi connectivity index (χ0v) is 12.0. The molecule has 0 atom stereocenters. The van der Waals surface area contributed by atoms with E-state index < -0.39 is 5.41 Å². The maximum absolute atomic E-state index is 12.1. The predicted molar refractivity (Wildman–Crippen MR) is 73.3 cm³/mol. The van der Waals surface area contributed by atoms with E-state index in [9.17, 15) is 9.59 Å². The van der Waals surface area contributed by atoms with E-state index in [2.05, 4.69) is 0 Å². The zero-order chi connectivity index (χ0) is 14.2. The highest BCUT2D eigenvalue weighted by atomic mass is 35.5. The summed E-state index contributed by atoms with van der Waals surface area (Å²) in [5, 5.41) is 0.578. The van der Waals surface area contributed by atoms with Crippen LogP contribution in [-0.4, -0.2) is 25.5 Å². The molecule has 1 aliphatic rings. The van der Waals surface area contributed by atoms with E-state index in [0.29, 0.717) is 11.4 Å². The molecule has 0 fully saturated rings. The van der Waals surface area contributed by atoms with Crippen LogP contribution in [0.2, 0.25) is 5.02 Å². The Morgan fingerprint density at radius 2 is 2.16 bits per heavy atom. The van der Waals surface area contributed by atoms with Gasteiger partial charge in [0, 0.05) is 17.3 Å². The van der Waals surface area contributed by atoms with E-state index in [1.807, 2.05) is 6.07 Å². The number of hydrogen-bond donors (Lipinski definition) is 0. The summed E-state index contributed by atoms with van der Waals surface area (Å²) in [7, 11) is 1.35. The minimum atomic E-state index is -0.756. The molecule has 5 heteroatoms. The molecule has 0 N–H and O–H groups in total. The van der Waals surface area contributed by atoms with Crippen LogP contribution >= 0.6 is 11.6 Å². The van der Waals surface area contributed by atoms with Crippen molar-refractivity contribution in [2.45, 2.75) is 20.3 Å². The molecule has 0 aromatic heterocycles. The van der Waals surface area contributed by atoms with Gasteiger partial charge in [0.25, 0.3) is 0 Å². The Labute approximate surface area is 117 Å². The largest absolute Gasteiger partial charge is 0.469 e. The molecule has 1 heterocycles. The number of esters is 1. The molecular weight excluding hydrogens is 266 g/mol. The molecule has 2 rings (SSSR count). The van der Waals surface area contributed by atoms with Gasteiger partial charge < -0.3 is 9.64 Å². The molecule has 0 bridgehead atoms. The number of halogens is 1. The zero-order valence-electron chi connectivity index (χ0n) is 11.2. The lowest BCUT2D eigenvalue weighted by atomic mass is 9.93. The van der Waals surface area contributed by atoms with Gasteiger partial charge in [-0.2, -0.15) is 0 Å². The first-order valence-corrected chi connectivity index (χ1v) is 6.40. The Bertz CT molecular complexity index is 539. The van der Waals surface area contributed by atoms with Crippen molar-refractivity contribution in [3.8, 4) is 0 Å². The first-order chi connectivity index (χ1) is 8.85. The smallest absolute Gasteiger partial charge is 0.313 e. The van der Waals surface area contributed by atoms with E-state index in [0.717, 1.165) is 11.3 Å². The highest BCUT2D eigenvalue weighted by Crippen LogP contribution is 2.34. The highest BCUT2D eigenvalue weighted by molar-refractivity contribution is 6.31. The van der Waals surface area contributed by atoms with Crippen molar-refractivity contribution in [3.05, 3.63) is 28.8 Å². The predicted octanol–water partition coefficient (Wildman–Crippen LogP) is 2.43. The highest BCUT2D eigenvalue weighted by Gasteiger charge is 2.36. The van der Waals surface area contributed by atoms with E-state index in [-0.39, 0.29) is 18.4 Å². The standard InChI is InChI=1S/C14H16ClNO3/c1-14(2,13(18)19-3)8-16-11-7-10(15)5-4-9(11)6-12(16)17/h4-5,7H,6,8H2,1-3H3. The van der Waals surface area contributed by atoms with Crippen LogP contribution in [0.15, 0.2) is 18.2 Å². The van der Waals surface area contributed by atoms with Crippen LogP contribution in [0, 0.1) is 5.41 Å². The van der Waals surface area contributed by atoms with Crippen molar-refractivity contribution >= 4 is 29.2 Å². The van der Waals surface area contributed by atoms with Gasteiger partial charge in [-0.05, 0) is 31.5 Å². The Hall–Kier alpha value is -1.55. The fourth-order valence-electron chi connectivity index (χ4n) is 2.24. The van der Waals surface area contributed by atoms with Gasteiger partial charge in [-0.15, -0.1) is 0 Å². The SMILES string of the molecule is COC(=O)C(C)(C)CN1C(=O)Cc2ccc(Cl)cc21. The second kappa shape index (κ2) is 4.85. The second-order valence-corrected chi connectivity index (χ2v) is 5.74. The summed E-state index contributed by atoms with van der Waals surface area (Å²) >= 11 is 5.97. The number of methoxy groups -OCH3 is 1. The van der Waals surface area contributed by atoms with Crippen LogP contribution in [0.5, 0.6) is 0 Å². The maximum atomic E-state index is 12.1. The van der Waals surface area contributed by atoms with E-state index >= 15 is 0 Å². The first-order valence-electron chi connectivity index (χ1n) is 6.02. The Balaban J connectivity index is 2.30. The Kier molecular flexibility index (Phi) is 3.54. The van der Waals surface area contributed by atoms with Gasteiger partial charge in [0.1, 0.15) is 0 Å². The second-order valence-electron chi connectivity index (χ2n) is 5.31. The fourth-order valence-corrected chi connectivity index (χ4v) is 2.41. The summed E-state index contributed by atoms with van der Waals surface area (Å²) in [4.78, 5) is 25.4. The molecule has 0 saturated carbocycles. The molecule has 1 amide bonds. The minimum absolute atomic E-state index is 0.0192. The Morgan fingerprint density at radius 1 is 1.47 bits per heavy atom. The lowest BCUT2D eigenvalue weighted by Gasteiger charge is -2.28. The molecule has 0 radical (unpaired) electrons. The van der Waals surface area contributed by atoms with Gasteiger partial charge in [-0.1, -0.05) is 17.7 Å². The van der Waals surface area contributed by atoms with Gasteiger partial charge in [0.15, 0.2) is 0 Å². The quantitative estimate of drug-likeness (QED) is 0.800. The number of amides is 1. The number of hydrogen-bond acceptors (Lipinski definition) is 3. The molecule has 0 spiro atoms. The van der Waals surface area contributed by atoms with Crippen molar-refractivity contribution in [3.63, 3.8) is 0 Å². The molecule has 1 aromatic rings. The van der Waals surface area contributed by atoms with Crippen LogP contribution < -0.4 is 4.90 Å². The van der Waals surface area contributed by atoms with Gasteiger partial charge in [0.05, 0.1) is 18.9 Å². The number of anilines is 1. The molecule has 0 unspecified atom stereocenters. The molecule has 1 aromatic carbocycles. The number of carbonyl (C=O) groups is 2. The number of nitrogens with zero attached hydrogens (tertiary/aromatic N) is 1. The van der Waals surface area contributed by atoms with Crippen LogP contribution in [0.1, 0.15) is 19.4 Å². The molecule has 1 aliphatic heterocycles. The van der Waals surface area contributed by atoms with E-state index in [4.69, 9.17) is 16.3 Å². The third-order valence-corrected chi connectivity index (χ3v) is 3.51. The van der Waals surface area contributed by atoms with Crippen LogP contribution in [0.25, 0.3) is 0 Å². The summed E-state index contributed by atoms with van der Waals surface area (Å²) in [5.74, 6) is -0.356. The molecule has 4 nitrogen and oxygen atoms in total. The van der Waals surface area contributed by atoms with Gasteiger partial charge in [0.2, 0.25) is 5.91 Å². The van der Waals surface area contributed by atoms with Crippen molar-refractivity contribution in [1.82, 2.24) is 0 Å². The number of fused-ring (bicyclic) bond motifs is 1. The summed E-state index contributed by atoms with van der Waals surface area (Å²) in [6.45, 7) is 3.80. The summed E-state index contributed by atoms with van der Waals surface area (Å²) < 4.78 is 4.77. The summed E-state index contributed by atoms with van der Waals surface area (Å²) in [6.07, 6.45) is 0.351. The topological polar surface area (TPSA) is 46.6 Å². The average molecular weight is 282 g/mol. The monoisotopic (exact) mass is 281 g/mol. The van der Waals surface area contributed by atoms with Crippen molar-refractivity contribution < 1.29 is 14.3 Å². The molecule has 102 valence electrons. The van der Waals surface area contributed by atoms with Crippen molar-refractivity contribution in [1.29, 1.82) is 0 Å².